The Bertz CT molecular complexity index is 856. The molecule has 1 unspecified atom stereocenters. The molecule has 3 rings (SSSR count). The van der Waals surface area contributed by atoms with Crippen LogP contribution < -0.4 is 5.32 Å². The molecule has 26 heavy (non-hydrogen) atoms. The first kappa shape index (κ1) is 18.4. The number of nitrogens with one attached hydrogen (secondary N) is 1. The van der Waals surface area contributed by atoms with E-state index in [1.165, 1.54) is 0 Å². The maximum absolute atomic E-state index is 13.0. The topological polar surface area (TPSA) is 81.0 Å². The predicted molar refractivity (Wildman–Crippen MR) is 89.0 cm³/mol. The van der Waals surface area contributed by atoms with Crippen LogP contribution in [0.1, 0.15) is 36.0 Å². The van der Waals surface area contributed by atoms with Gasteiger partial charge in [0.25, 0.3) is 5.69 Å². The molecule has 1 aromatic heterocycles. The summed E-state index contributed by atoms with van der Waals surface area (Å²) in [5.74, 6) is 0.593. The Labute approximate surface area is 151 Å². The van der Waals surface area contributed by atoms with Gasteiger partial charge < -0.3 is 5.32 Å². The Balaban J connectivity index is 2.02. The molecular formula is C16H14ClF3N4O2. The van der Waals surface area contributed by atoms with Gasteiger partial charge >= 0.3 is 6.18 Å². The van der Waals surface area contributed by atoms with Crippen LogP contribution in [0.3, 0.4) is 0 Å². The fraction of sp³-hybridized carbons (Fsp3) is 0.375. The molecule has 0 saturated heterocycles. The lowest BCUT2D eigenvalue weighted by Gasteiger charge is -2.19. The first-order valence-electron chi connectivity index (χ1n) is 7.78. The van der Waals surface area contributed by atoms with Gasteiger partial charge in [-0.2, -0.15) is 13.2 Å². The smallest absolute Gasteiger partial charge is 0.369 e. The van der Waals surface area contributed by atoms with E-state index >= 15 is 0 Å². The first-order valence-corrected chi connectivity index (χ1v) is 8.16. The second kappa shape index (κ2) is 6.71. The highest BCUT2D eigenvalue weighted by molar-refractivity contribution is 6.31. The number of aryl methyl sites for hydroxylation is 1. The van der Waals surface area contributed by atoms with E-state index in [2.05, 4.69) is 15.3 Å². The number of nitrogens with zero attached hydrogens (tertiary/aromatic N) is 3. The van der Waals surface area contributed by atoms with Gasteiger partial charge in [0.15, 0.2) is 5.82 Å². The van der Waals surface area contributed by atoms with Gasteiger partial charge in [-0.25, -0.2) is 9.97 Å². The Kier molecular flexibility index (Phi) is 4.74. The zero-order chi connectivity index (χ0) is 19.1. The molecule has 2 aromatic rings. The van der Waals surface area contributed by atoms with Gasteiger partial charge in [-0.3, -0.25) is 10.1 Å². The quantitative estimate of drug-likeness (QED) is 0.582. The molecule has 10 heteroatoms. The number of benzene rings is 1. The van der Waals surface area contributed by atoms with Crippen LogP contribution in [0.4, 0.5) is 24.5 Å². The normalized spacial score (nSPS) is 15.6. The first-order chi connectivity index (χ1) is 12.2. The summed E-state index contributed by atoms with van der Waals surface area (Å²) in [5, 5.41) is 13.6. The lowest BCUT2D eigenvalue weighted by atomic mass is 10.1. The van der Waals surface area contributed by atoms with Crippen LogP contribution in [0, 0.1) is 23.0 Å². The van der Waals surface area contributed by atoms with Gasteiger partial charge in [0.05, 0.1) is 21.6 Å². The molecule has 1 atom stereocenters. The summed E-state index contributed by atoms with van der Waals surface area (Å²) in [4.78, 5) is 19.0. The van der Waals surface area contributed by atoms with E-state index in [4.69, 9.17) is 11.6 Å². The molecule has 0 amide bonds. The monoisotopic (exact) mass is 386 g/mol. The number of halogens is 4. The zero-order valence-electron chi connectivity index (χ0n) is 13.5. The van der Waals surface area contributed by atoms with Crippen molar-refractivity contribution in [1.82, 2.24) is 9.97 Å². The Hall–Kier alpha value is -2.42. The summed E-state index contributed by atoms with van der Waals surface area (Å²) in [7, 11) is 0. The third kappa shape index (κ3) is 3.87. The molecule has 1 N–H and O–H groups in total. The molecule has 0 aliphatic heterocycles. The fourth-order valence-corrected chi connectivity index (χ4v) is 2.93. The van der Waals surface area contributed by atoms with Crippen molar-refractivity contribution in [2.45, 2.75) is 32.0 Å². The second-order valence-corrected chi connectivity index (χ2v) is 6.53. The average molecular weight is 387 g/mol. The zero-order valence-corrected chi connectivity index (χ0v) is 14.3. The molecule has 1 heterocycles. The summed E-state index contributed by atoms with van der Waals surface area (Å²) < 4.78 is 39.0. The molecule has 0 radical (unpaired) electrons. The Morgan fingerprint density at radius 1 is 1.38 bits per heavy atom. The molecule has 0 spiro atoms. The number of rotatable bonds is 5. The number of nitro benzene ring substituents is 1. The summed E-state index contributed by atoms with van der Waals surface area (Å²) in [6.45, 7) is 1.78. The van der Waals surface area contributed by atoms with Crippen molar-refractivity contribution < 1.29 is 18.1 Å². The van der Waals surface area contributed by atoms with Gasteiger partial charge in [-0.15, -0.1) is 0 Å². The van der Waals surface area contributed by atoms with E-state index in [-0.39, 0.29) is 11.6 Å². The predicted octanol–water partition coefficient (Wildman–Crippen LogP) is 4.93. The Morgan fingerprint density at radius 3 is 2.62 bits per heavy atom. The van der Waals surface area contributed by atoms with Crippen molar-refractivity contribution in [1.29, 1.82) is 0 Å². The van der Waals surface area contributed by atoms with Crippen LogP contribution in [0.2, 0.25) is 5.02 Å². The number of alkyl halides is 3. The number of hydrogen-bond acceptors (Lipinski definition) is 5. The summed E-state index contributed by atoms with van der Waals surface area (Å²) in [6.07, 6.45) is -1.47. The molecule has 138 valence electrons. The standard InChI is InChI=1S/C16H14ClF3N4O2/c1-8-4-5-21-15(22-8)14(9-2-3-9)23-12-7-11(17)10(16(18,19)20)6-13(12)24(25)26/h4-7,9,14,23H,2-3H2,1H3. The average Bonchev–Trinajstić information content (AvgIpc) is 3.35. The molecule has 1 aromatic carbocycles. The number of nitro groups is 1. The van der Waals surface area contributed by atoms with Crippen LogP contribution in [0.5, 0.6) is 0 Å². The molecule has 6 nitrogen and oxygen atoms in total. The maximum atomic E-state index is 13.0. The summed E-state index contributed by atoms with van der Waals surface area (Å²) in [5.41, 5.74) is -1.30. The largest absolute Gasteiger partial charge is 0.418 e. The highest BCUT2D eigenvalue weighted by Crippen LogP contribution is 2.45. The van der Waals surface area contributed by atoms with Gasteiger partial charge in [-0.05, 0) is 37.8 Å². The highest BCUT2D eigenvalue weighted by atomic mass is 35.5. The van der Waals surface area contributed by atoms with E-state index in [0.29, 0.717) is 11.9 Å². The van der Waals surface area contributed by atoms with E-state index in [1.54, 1.807) is 19.2 Å². The van der Waals surface area contributed by atoms with E-state index in [0.717, 1.165) is 24.6 Å². The van der Waals surface area contributed by atoms with E-state index in [1.807, 2.05) is 0 Å². The van der Waals surface area contributed by atoms with Gasteiger partial charge in [0.2, 0.25) is 0 Å². The Morgan fingerprint density at radius 2 is 2.08 bits per heavy atom. The fourth-order valence-electron chi connectivity index (χ4n) is 2.65. The van der Waals surface area contributed by atoms with Gasteiger partial charge in [0, 0.05) is 18.0 Å². The highest BCUT2D eigenvalue weighted by Gasteiger charge is 2.38. The SMILES string of the molecule is Cc1ccnc(C(Nc2cc(Cl)c(C(F)(F)F)cc2[N+](=O)[O-])C2CC2)n1. The lowest BCUT2D eigenvalue weighted by molar-refractivity contribution is -0.384. The third-order valence-corrected chi connectivity index (χ3v) is 4.40. The summed E-state index contributed by atoms with van der Waals surface area (Å²) in [6, 6.07) is 2.66. The van der Waals surface area contributed by atoms with Crippen LogP contribution >= 0.6 is 11.6 Å². The number of anilines is 1. The third-order valence-electron chi connectivity index (χ3n) is 4.08. The number of aromatic nitrogens is 2. The van der Waals surface area contributed by atoms with Crippen molar-refractivity contribution in [2.75, 3.05) is 5.32 Å². The molecule has 1 aliphatic rings. The molecule has 1 saturated carbocycles. The molecule has 1 aliphatic carbocycles. The second-order valence-electron chi connectivity index (χ2n) is 6.12. The van der Waals surface area contributed by atoms with Crippen LogP contribution in [0.25, 0.3) is 0 Å². The minimum absolute atomic E-state index is 0.0880. The number of hydrogen-bond donors (Lipinski definition) is 1. The molecular weight excluding hydrogens is 373 g/mol. The van der Waals surface area contributed by atoms with Gasteiger partial charge in [-0.1, -0.05) is 11.6 Å². The van der Waals surface area contributed by atoms with Crippen molar-refractivity contribution in [3.05, 3.63) is 56.6 Å². The molecule has 1 fully saturated rings. The van der Waals surface area contributed by atoms with Crippen molar-refractivity contribution >= 4 is 23.0 Å². The van der Waals surface area contributed by atoms with Crippen molar-refractivity contribution in [3.63, 3.8) is 0 Å². The summed E-state index contributed by atoms with van der Waals surface area (Å²) >= 11 is 5.73. The van der Waals surface area contributed by atoms with Crippen molar-refractivity contribution in [2.24, 2.45) is 5.92 Å². The van der Waals surface area contributed by atoms with Crippen LogP contribution in [-0.4, -0.2) is 14.9 Å². The van der Waals surface area contributed by atoms with Crippen molar-refractivity contribution in [3.8, 4) is 0 Å². The van der Waals surface area contributed by atoms with Crippen LogP contribution in [-0.2, 0) is 6.18 Å². The minimum atomic E-state index is -4.78. The van der Waals surface area contributed by atoms with E-state index < -0.39 is 33.4 Å². The van der Waals surface area contributed by atoms with Crippen LogP contribution in [0.15, 0.2) is 24.4 Å². The maximum Gasteiger partial charge on any atom is 0.418 e. The minimum Gasteiger partial charge on any atom is -0.369 e. The van der Waals surface area contributed by atoms with Gasteiger partial charge in [0.1, 0.15) is 5.69 Å². The van der Waals surface area contributed by atoms with E-state index in [9.17, 15) is 23.3 Å². The molecule has 0 bridgehead atoms. The lowest BCUT2D eigenvalue weighted by Crippen LogP contribution is -2.18.